The minimum absolute atomic E-state index is 0.0894. The molecule has 0 saturated carbocycles. The number of aryl methyl sites for hydroxylation is 1. The predicted octanol–water partition coefficient (Wildman–Crippen LogP) is 3.56. The average molecular weight is 253 g/mol. The molecule has 0 unspecified atom stereocenters. The highest BCUT2D eigenvalue weighted by Gasteiger charge is 2.08. The minimum atomic E-state index is -0.523. The lowest BCUT2D eigenvalue weighted by Gasteiger charge is -2.08. The number of ether oxygens (including phenoxy) is 1. The minimum Gasteiger partial charge on any atom is -0.436 e. The summed E-state index contributed by atoms with van der Waals surface area (Å²) in [6, 6.07) is 5.93. The number of nitrogens with two attached hydrogens (primary N) is 1. The molecule has 2 aromatic rings. The number of halogens is 2. The summed E-state index contributed by atoms with van der Waals surface area (Å²) in [5.41, 5.74) is 6.71. The van der Waals surface area contributed by atoms with Crippen LogP contribution in [-0.2, 0) is 0 Å². The molecule has 0 aliphatic carbocycles. The van der Waals surface area contributed by atoms with E-state index in [9.17, 15) is 4.39 Å². The van der Waals surface area contributed by atoms with Crippen molar-refractivity contribution in [2.24, 2.45) is 0 Å². The van der Waals surface area contributed by atoms with E-state index in [0.29, 0.717) is 10.7 Å². The molecular formula is C12H10ClFN2O. The first-order valence-electron chi connectivity index (χ1n) is 4.91. The molecule has 88 valence electrons. The molecule has 1 aromatic carbocycles. The maximum atomic E-state index is 13.5. The molecular weight excluding hydrogens is 243 g/mol. The van der Waals surface area contributed by atoms with E-state index in [1.54, 1.807) is 19.1 Å². The van der Waals surface area contributed by atoms with Gasteiger partial charge in [-0.2, -0.15) is 0 Å². The van der Waals surface area contributed by atoms with Gasteiger partial charge in [0.25, 0.3) is 0 Å². The number of benzene rings is 1. The van der Waals surface area contributed by atoms with Crippen molar-refractivity contribution in [2.75, 3.05) is 5.73 Å². The molecule has 0 spiro atoms. The van der Waals surface area contributed by atoms with E-state index in [0.717, 1.165) is 5.56 Å². The second-order valence-corrected chi connectivity index (χ2v) is 3.99. The van der Waals surface area contributed by atoms with Crippen molar-refractivity contribution >= 4 is 17.3 Å². The van der Waals surface area contributed by atoms with E-state index < -0.39 is 5.82 Å². The zero-order valence-corrected chi connectivity index (χ0v) is 9.83. The molecule has 0 fully saturated rings. The van der Waals surface area contributed by atoms with Gasteiger partial charge in [0.1, 0.15) is 0 Å². The molecule has 3 nitrogen and oxygen atoms in total. The van der Waals surface area contributed by atoms with Crippen LogP contribution in [0.5, 0.6) is 11.6 Å². The molecule has 0 bridgehead atoms. The van der Waals surface area contributed by atoms with E-state index >= 15 is 0 Å². The van der Waals surface area contributed by atoms with Crippen molar-refractivity contribution in [1.29, 1.82) is 0 Å². The summed E-state index contributed by atoms with van der Waals surface area (Å²) in [7, 11) is 0. The Morgan fingerprint density at radius 1 is 1.35 bits per heavy atom. The van der Waals surface area contributed by atoms with Crippen molar-refractivity contribution in [3.63, 3.8) is 0 Å². The lowest BCUT2D eigenvalue weighted by Crippen LogP contribution is -1.95. The van der Waals surface area contributed by atoms with Gasteiger partial charge >= 0.3 is 0 Å². The molecule has 0 aliphatic rings. The Hall–Kier alpha value is -1.81. The molecule has 0 radical (unpaired) electrons. The number of rotatable bonds is 2. The van der Waals surface area contributed by atoms with Gasteiger partial charge < -0.3 is 10.5 Å². The standard InChI is InChI=1S/C12H10ClFN2O/c1-7-4-11(9(14)5-10(7)15)17-12-3-2-8(13)6-16-12/h2-6H,15H2,1H3. The second-order valence-electron chi connectivity index (χ2n) is 3.56. The fourth-order valence-corrected chi connectivity index (χ4v) is 1.40. The summed E-state index contributed by atoms with van der Waals surface area (Å²) in [5.74, 6) is -0.158. The Morgan fingerprint density at radius 3 is 2.76 bits per heavy atom. The number of aromatic nitrogens is 1. The summed E-state index contributed by atoms with van der Waals surface area (Å²) in [6.07, 6.45) is 1.43. The molecule has 5 heteroatoms. The maximum absolute atomic E-state index is 13.5. The summed E-state index contributed by atoms with van der Waals surface area (Å²) >= 11 is 5.68. The Bertz CT molecular complexity index is 543. The van der Waals surface area contributed by atoms with Gasteiger partial charge in [-0.25, -0.2) is 9.37 Å². The highest BCUT2D eigenvalue weighted by molar-refractivity contribution is 6.30. The third kappa shape index (κ3) is 2.65. The van der Waals surface area contributed by atoms with Gasteiger partial charge in [-0.15, -0.1) is 0 Å². The lowest BCUT2D eigenvalue weighted by molar-refractivity contribution is 0.427. The van der Waals surface area contributed by atoms with Gasteiger partial charge in [-0.1, -0.05) is 11.6 Å². The highest BCUT2D eigenvalue weighted by Crippen LogP contribution is 2.27. The molecule has 0 amide bonds. The van der Waals surface area contributed by atoms with Crippen LogP contribution >= 0.6 is 11.6 Å². The molecule has 1 aromatic heterocycles. The largest absolute Gasteiger partial charge is 0.436 e. The van der Waals surface area contributed by atoms with Gasteiger partial charge in [0.15, 0.2) is 11.6 Å². The fourth-order valence-electron chi connectivity index (χ4n) is 1.28. The van der Waals surface area contributed by atoms with Gasteiger partial charge in [-0.05, 0) is 24.6 Å². The number of nitrogen functional groups attached to an aromatic ring is 1. The Balaban J connectivity index is 2.30. The quantitative estimate of drug-likeness (QED) is 0.832. The third-order valence-electron chi connectivity index (χ3n) is 2.24. The molecule has 0 atom stereocenters. The highest BCUT2D eigenvalue weighted by atomic mass is 35.5. The Kier molecular flexibility index (Phi) is 3.15. The van der Waals surface area contributed by atoms with E-state index in [-0.39, 0.29) is 11.6 Å². The average Bonchev–Trinajstić information content (AvgIpc) is 2.29. The van der Waals surface area contributed by atoms with Gasteiger partial charge in [0.05, 0.1) is 5.02 Å². The smallest absolute Gasteiger partial charge is 0.219 e. The zero-order valence-electron chi connectivity index (χ0n) is 9.08. The predicted molar refractivity (Wildman–Crippen MR) is 64.9 cm³/mol. The second kappa shape index (κ2) is 4.59. The van der Waals surface area contributed by atoms with Crippen LogP contribution in [0.2, 0.25) is 5.02 Å². The number of anilines is 1. The monoisotopic (exact) mass is 252 g/mol. The van der Waals surface area contributed by atoms with Crippen LogP contribution in [0.1, 0.15) is 5.56 Å². The zero-order chi connectivity index (χ0) is 12.4. The van der Waals surface area contributed by atoms with Crippen LogP contribution in [0.3, 0.4) is 0 Å². The van der Waals surface area contributed by atoms with Crippen LogP contribution in [0.15, 0.2) is 30.5 Å². The van der Waals surface area contributed by atoms with E-state index in [2.05, 4.69) is 4.98 Å². The first kappa shape index (κ1) is 11.7. The summed E-state index contributed by atoms with van der Waals surface area (Å²) < 4.78 is 18.8. The Labute approximate surface area is 103 Å². The lowest BCUT2D eigenvalue weighted by atomic mass is 10.2. The summed E-state index contributed by atoms with van der Waals surface area (Å²) in [4.78, 5) is 3.91. The number of hydrogen-bond acceptors (Lipinski definition) is 3. The van der Waals surface area contributed by atoms with Crippen LogP contribution in [0, 0.1) is 12.7 Å². The van der Waals surface area contributed by atoms with Crippen LogP contribution < -0.4 is 10.5 Å². The van der Waals surface area contributed by atoms with Crippen molar-refractivity contribution in [1.82, 2.24) is 4.98 Å². The number of pyridine rings is 1. The first-order valence-corrected chi connectivity index (χ1v) is 5.29. The molecule has 17 heavy (non-hydrogen) atoms. The summed E-state index contributed by atoms with van der Waals surface area (Å²) in [6.45, 7) is 1.77. The van der Waals surface area contributed by atoms with E-state index in [4.69, 9.17) is 22.1 Å². The van der Waals surface area contributed by atoms with Crippen molar-refractivity contribution in [3.8, 4) is 11.6 Å². The third-order valence-corrected chi connectivity index (χ3v) is 2.46. The van der Waals surface area contributed by atoms with Crippen LogP contribution in [0.4, 0.5) is 10.1 Å². The summed E-state index contributed by atoms with van der Waals surface area (Å²) in [5, 5.41) is 0.492. The van der Waals surface area contributed by atoms with Crippen molar-refractivity contribution < 1.29 is 9.13 Å². The number of hydrogen-bond donors (Lipinski definition) is 1. The van der Waals surface area contributed by atoms with Gasteiger partial charge in [0.2, 0.25) is 5.88 Å². The van der Waals surface area contributed by atoms with Crippen molar-refractivity contribution in [2.45, 2.75) is 6.92 Å². The van der Waals surface area contributed by atoms with Crippen molar-refractivity contribution in [3.05, 3.63) is 46.9 Å². The maximum Gasteiger partial charge on any atom is 0.219 e. The molecule has 2 N–H and O–H groups in total. The molecule has 2 rings (SSSR count). The Morgan fingerprint density at radius 2 is 2.12 bits per heavy atom. The molecule has 0 aliphatic heterocycles. The number of nitrogens with zero attached hydrogens (tertiary/aromatic N) is 1. The van der Waals surface area contributed by atoms with E-state index in [1.165, 1.54) is 18.3 Å². The normalized spacial score (nSPS) is 10.3. The fraction of sp³-hybridized carbons (Fsp3) is 0.0833. The SMILES string of the molecule is Cc1cc(Oc2ccc(Cl)cn2)c(F)cc1N. The van der Waals surface area contributed by atoms with Crippen LogP contribution in [0.25, 0.3) is 0 Å². The molecule has 0 saturated heterocycles. The van der Waals surface area contributed by atoms with Gasteiger partial charge in [0, 0.05) is 24.0 Å². The van der Waals surface area contributed by atoms with E-state index in [1.807, 2.05) is 0 Å². The first-order chi connectivity index (χ1) is 8.06. The van der Waals surface area contributed by atoms with Gasteiger partial charge in [-0.3, -0.25) is 0 Å². The van der Waals surface area contributed by atoms with Crippen LogP contribution in [-0.4, -0.2) is 4.98 Å². The molecule has 1 heterocycles. The topological polar surface area (TPSA) is 48.1 Å².